The summed E-state index contributed by atoms with van der Waals surface area (Å²) in [6.45, 7) is 3.82. The second kappa shape index (κ2) is 7.29. The third kappa shape index (κ3) is 4.28. The predicted octanol–water partition coefficient (Wildman–Crippen LogP) is 3.43. The SMILES string of the molecule is Cc1noc(C2CCCN(C(=O)NCC3(Cc4ccc(F)cc4)CC3)C2)n1. The quantitative estimate of drug-likeness (QED) is 0.873. The summed E-state index contributed by atoms with van der Waals surface area (Å²) in [5.41, 5.74) is 1.24. The minimum atomic E-state index is -0.215. The number of halogens is 1. The molecule has 6 nitrogen and oxygen atoms in total. The first-order valence-corrected chi connectivity index (χ1v) is 9.60. The van der Waals surface area contributed by atoms with E-state index in [1.165, 1.54) is 12.1 Å². The van der Waals surface area contributed by atoms with Crippen molar-refractivity contribution in [2.75, 3.05) is 19.6 Å². The number of carbonyl (C=O) groups is 1. The van der Waals surface area contributed by atoms with Crippen LogP contribution in [0.5, 0.6) is 0 Å². The van der Waals surface area contributed by atoms with Gasteiger partial charge in [0.05, 0.1) is 5.92 Å². The molecule has 2 fully saturated rings. The van der Waals surface area contributed by atoms with Crippen molar-refractivity contribution in [1.82, 2.24) is 20.4 Å². The fourth-order valence-corrected chi connectivity index (χ4v) is 3.85. The van der Waals surface area contributed by atoms with E-state index in [4.69, 9.17) is 4.52 Å². The number of nitrogens with zero attached hydrogens (tertiary/aromatic N) is 3. The van der Waals surface area contributed by atoms with Gasteiger partial charge in [-0.25, -0.2) is 9.18 Å². The molecule has 4 rings (SSSR count). The molecule has 1 aromatic heterocycles. The van der Waals surface area contributed by atoms with Crippen LogP contribution in [0.3, 0.4) is 0 Å². The summed E-state index contributed by atoms with van der Waals surface area (Å²) in [5, 5.41) is 6.97. The number of rotatable bonds is 5. The van der Waals surface area contributed by atoms with Crippen LogP contribution in [0.2, 0.25) is 0 Å². The molecule has 2 aromatic rings. The molecule has 0 radical (unpaired) electrons. The lowest BCUT2D eigenvalue weighted by molar-refractivity contribution is 0.170. The molecule has 1 saturated heterocycles. The highest BCUT2D eigenvalue weighted by molar-refractivity contribution is 5.74. The van der Waals surface area contributed by atoms with E-state index < -0.39 is 0 Å². The van der Waals surface area contributed by atoms with Crippen LogP contribution in [-0.4, -0.2) is 40.7 Å². The Hall–Kier alpha value is -2.44. The monoisotopic (exact) mass is 372 g/mol. The zero-order valence-corrected chi connectivity index (χ0v) is 15.6. The topological polar surface area (TPSA) is 71.3 Å². The molecule has 2 heterocycles. The maximum atomic E-state index is 13.1. The maximum absolute atomic E-state index is 13.1. The molecule has 1 aliphatic heterocycles. The lowest BCUT2D eigenvalue weighted by atomic mass is 9.96. The average Bonchev–Trinajstić information content (AvgIpc) is 3.31. The van der Waals surface area contributed by atoms with Gasteiger partial charge < -0.3 is 14.7 Å². The van der Waals surface area contributed by atoms with E-state index in [0.29, 0.717) is 24.8 Å². The highest BCUT2D eigenvalue weighted by Crippen LogP contribution is 2.47. The van der Waals surface area contributed by atoms with Crippen LogP contribution >= 0.6 is 0 Å². The number of benzene rings is 1. The molecule has 1 aliphatic carbocycles. The highest BCUT2D eigenvalue weighted by atomic mass is 19.1. The second-order valence-corrected chi connectivity index (χ2v) is 7.93. The van der Waals surface area contributed by atoms with Crippen molar-refractivity contribution in [3.05, 3.63) is 47.4 Å². The van der Waals surface area contributed by atoms with Crippen LogP contribution in [0.4, 0.5) is 9.18 Å². The van der Waals surface area contributed by atoms with Crippen molar-refractivity contribution in [3.8, 4) is 0 Å². The third-order valence-electron chi connectivity index (χ3n) is 5.67. The molecular formula is C20H25FN4O2. The first-order chi connectivity index (χ1) is 13.0. The van der Waals surface area contributed by atoms with Crippen molar-refractivity contribution in [2.24, 2.45) is 5.41 Å². The molecular weight excluding hydrogens is 347 g/mol. The fraction of sp³-hybridized carbons (Fsp3) is 0.550. The number of piperidine rings is 1. The van der Waals surface area contributed by atoms with E-state index in [1.54, 1.807) is 6.92 Å². The largest absolute Gasteiger partial charge is 0.339 e. The first-order valence-electron chi connectivity index (χ1n) is 9.60. The van der Waals surface area contributed by atoms with Gasteiger partial charge in [-0.2, -0.15) is 4.98 Å². The van der Waals surface area contributed by atoms with Crippen molar-refractivity contribution >= 4 is 6.03 Å². The zero-order valence-electron chi connectivity index (χ0n) is 15.6. The lowest BCUT2D eigenvalue weighted by Crippen LogP contribution is -2.46. The van der Waals surface area contributed by atoms with Gasteiger partial charge in [-0.05, 0) is 62.1 Å². The van der Waals surface area contributed by atoms with Crippen LogP contribution in [0.1, 0.15) is 48.9 Å². The summed E-state index contributed by atoms with van der Waals surface area (Å²) in [4.78, 5) is 18.8. The van der Waals surface area contributed by atoms with Crippen LogP contribution in [-0.2, 0) is 6.42 Å². The number of carbonyl (C=O) groups excluding carboxylic acids is 1. The summed E-state index contributed by atoms with van der Waals surface area (Å²) in [5.74, 6) is 1.15. The Kier molecular flexibility index (Phi) is 4.85. The van der Waals surface area contributed by atoms with Gasteiger partial charge in [0.15, 0.2) is 5.82 Å². The standard InChI is InChI=1S/C20H25FN4O2/c1-14-23-18(27-24-14)16-3-2-10-25(12-16)19(26)22-13-20(8-9-20)11-15-4-6-17(21)7-5-15/h4-7,16H,2-3,8-13H2,1H3,(H,22,26). The van der Waals surface area contributed by atoms with Crippen molar-refractivity contribution in [1.29, 1.82) is 0 Å². The van der Waals surface area contributed by atoms with E-state index in [0.717, 1.165) is 44.2 Å². The lowest BCUT2D eigenvalue weighted by Gasteiger charge is -2.31. The van der Waals surface area contributed by atoms with Gasteiger partial charge in [0.25, 0.3) is 0 Å². The molecule has 1 aromatic carbocycles. The molecule has 144 valence electrons. The van der Waals surface area contributed by atoms with E-state index in [2.05, 4.69) is 15.5 Å². The maximum Gasteiger partial charge on any atom is 0.317 e. The van der Waals surface area contributed by atoms with E-state index in [-0.39, 0.29) is 23.2 Å². The van der Waals surface area contributed by atoms with E-state index >= 15 is 0 Å². The van der Waals surface area contributed by atoms with Gasteiger partial charge in [0.2, 0.25) is 5.89 Å². The number of hydrogen-bond acceptors (Lipinski definition) is 4. The summed E-state index contributed by atoms with van der Waals surface area (Å²) in [7, 11) is 0. The molecule has 1 saturated carbocycles. The Morgan fingerprint density at radius 3 is 2.81 bits per heavy atom. The number of nitrogens with one attached hydrogen (secondary N) is 1. The Balaban J connectivity index is 1.30. The van der Waals surface area contributed by atoms with Gasteiger partial charge >= 0.3 is 6.03 Å². The number of hydrogen-bond donors (Lipinski definition) is 1. The molecule has 0 spiro atoms. The highest BCUT2D eigenvalue weighted by Gasteiger charge is 2.43. The molecule has 1 N–H and O–H groups in total. The predicted molar refractivity (Wildman–Crippen MR) is 97.8 cm³/mol. The molecule has 27 heavy (non-hydrogen) atoms. The molecule has 0 bridgehead atoms. The molecule has 2 amide bonds. The van der Waals surface area contributed by atoms with Gasteiger partial charge in [-0.3, -0.25) is 0 Å². The van der Waals surface area contributed by atoms with Gasteiger partial charge in [-0.1, -0.05) is 17.3 Å². The number of urea groups is 1. The average molecular weight is 372 g/mol. The molecule has 1 unspecified atom stereocenters. The van der Waals surface area contributed by atoms with Gasteiger partial charge in [-0.15, -0.1) is 0 Å². The normalized spacial score (nSPS) is 21.1. The Morgan fingerprint density at radius 1 is 1.37 bits per heavy atom. The van der Waals surface area contributed by atoms with E-state index in [9.17, 15) is 9.18 Å². The third-order valence-corrected chi connectivity index (χ3v) is 5.67. The minimum Gasteiger partial charge on any atom is -0.339 e. The summed E-state index contributed by atoms with van der Waals surface area (Å²) >= 11 is 0. The van der Waals surface area contributed by atoms with Crippen molar-refractivity contribution in [2.45, 2.75) is 44.9 Å². The number of amides is 2. The van der Waals surface area contributed by atoms with Crippen LogP contribution in [0.25, 0.3) is 0 Å². The summed E-state index contributed by atoms with van der Waals surface area (Å²) in [6, 6.07) is 6.63. The number of aromatic nitrogens is 2. The number of aryl methyl sites for hydroxylation is 1. The number of likely N-dealkylation sites (tertiary alicyclic amines) is 1. The molecule has 7 heteroatoms. The van der Waals surface area contributed by atoms with E-state index in [1.807, 2.05) is 17.0 Å². The van der Waals surface area contributed by atoms with Gasteiger partial charge in [0, 0.05) is 19.6 Å². The Bertz CT molecular complexity index is 801. The summed E-state index contributed by atoms with van der Waals surface area (Å²) in [6.07, 6.45) is 4.95. The first kappa shape index (κ1) is 17.9. The minimum absolute atomic E-state index is 0.0266. The second-order valence-electron chi connectivity index (χ2n) is 7.93. The Labute approximate surface area is 158 Å². The Morgan fingerprint density at radius 2 is 2.15 bits per heavy atom. The smallest absolute Gasteiger partial charge is 0.317 e. The van der Waals surface area contributed by atoms with Crippen LogP contribution in [0, 0.1) is 18.2 Å². The zero-order chi connectivity index (χ0) is 18.9. The van der Waals surface area contributed by atoms with Crippen molar-refractivity contribution < 1.29 is 13.7 Å². The van der Waals surface area contributed by atoms with Crippen molar-refractivity contribution in [3.63, 3.8) is 0 Å². The van der Waals surface area contributed by atoms with Crippen LogP contribution < -0.4 is 5.32 Å². The summed E-state index contributed by atoms with van der Waals surface area (Å²) < 4.78 is 18.4. The van der Waals surface area contributed by atoms with Gasteiger partial charge in [0.1, 0.15) is 5.82 Å². The molecule has 2 aliphatic rings. The van der Waals surface area contributed by atoms with Crippen LogP contribution in [0.15, 0.2) is 28.8 Å². The fourth-order valence-electron chi connectivity index (χ4n) is 3.85. The molecule has 1 atom stereocenters.